The molecule has 0 fully saturated rings. The van der Waals surface area contributed by atoms with E-state index >= 15 is 0 Å². The van der Waals surface area contributed by atoms with Gasteiger partial charge in [-0.2, -0.15) is 0 Å². The highest BCUT2D eigenvalue weighted by Gasteiger charge is 2.16. The SMILES string of the molecule is CCCC(CC(=O)O)NC(=O)Oc1ccccc1. The fourth-order valence-corrected chi connectivity index (χ4v) is 1.58. The Labute approximate surface area is 106 Å². The zero-order valence-electron chi connectivity index (χ0n) is 10.3. The zero-order chi connectivity index (χ0) is 13.4. The number of hydrogen-bond acceptors (Lipinski definition) is 3. The highest BCUT2D eigenvalue weighted by Crippen LogP contribution is 2.09. The second kappa shape index (κ2) is 7.32. The van der Waals surface area contributed by atoms with E-state index in [2.05, 4.69) is 5.32 Å². The van der Waals surface area contributed by atoms with Crippen LogP contribution in [0, 0.1) is 0 Å². The summed E-state index contributed by atoms with van der Waals surface area (Å²) in [6.07, 6.45) is 0.679. The van der Waals surface area contributed by atoms with Crippen molar-refractivity contribution in [1.82, 2.24) is 5.32 Å². The van der Waals surface area contributed by atoms with Gasteiger partial charge in [0.2, 0.25) is 0 Å². The van der Waals surface area contributed by atoms with Crippen LogP contribution in [0.3, 0.4) is 0 Å². The summed E-state index contributed by atoms with van der Waals surface area (Å²) in [7, 11) is 0. The van der Waals surface area contributed by atoms with Crippen LogP contribution >= 0.6 is 0 Å². The van der Waals surface area contributed by atoms with E-state index in [0.29, 0.717) is 12.2 Å². The molecule has 1 aromatic carbocycles. The molecule has 0 bridgehead atoms. The van der Waals surface area contributed by atoms with Gasteiger partial charge in [0.25, 0.3) is 0 Å². The number of rotatable bonds is 6. The molecule has 0 radical (unpaired) electrons. The molecule has 5 nitrogen and oxygen atoms in total. The van der Waals surface area contributed by atoms with Crippen molar-refractivity contribution in [2.24, 2.45) is 0 Å². The number of ether oxygens (including phenoxy) is 1. The second-order valence-corrected chi connectivity index (χ2v) is 3.93. The summed E-state index contributed by atoms with van der Waals surface area (Å²) in [5, 5.41) is 11.3. The average molecular weight is 251 g/mol. The molecule has 0 aliphatic rings. The van der Waals surface area contributed by atoms with Crippen molar-refractivity contribution >= 4 is 12.1 Å². The van der Waals surface area contributed by atoms with Crippen molar-refractivity contribution in [3.63, 3.8) is 0 Å². The molecule has 5 heteroatoms. The Morgan fingerprint density at radius 3 is 2.56 bits per heavy atom. The molecule has 0 heterocycles. The molecular weight excluding hydrogens is 234 g/mol. The van der Waals surface area contributed by atoms with Gasteiger partial charge in [-0.05, 0) is 18.6 Å². The standard InChI is InChI=1S/C13H17NO4/c1-2-6-10(9-12(15)16)14-13(17)18-11-7-4-3-5-8-11/h3-5,7-8,10H,2,6,9H2,1H3,(H,14,17)(H,15,16). The van der Waals surface area contributed by atoms with Crippen LogP contribution in [-0.2, 0) is 4.79 Å². The number of amides is 1. The molecule has 2 N–H and O–H groups in total. The Bertz CT molecular complexity index is 391. The fraction of sp³-hybridized carbons (Fsp3) is 0.385. The Kier molecular flexibility index (Phi) is 5.70. The van der Waals surface area contributed by atoms with Gasteiger partial charge in [-0.3, -0.25) is 4.79 Å². The van der Waals surface area contributed by atoms with Crippen molar-refractivity contribution in [3.05, 3.63) is 30.3 Å². The maximum absolute atomic E-state index is 11.6. The number of aliphatic carboxylic acids is 1. The van der Waals surface area contributed by atoms with Gasteiger partial charge in [0.15, 0.2) is 0 Å². The summed E-state index contributed by atoms with van der Waals surface area (Å²) in [6, 6.07) is 8.24. The van der Waals surface area contributed by atoms with E-state index < -0.39 is 18.1 Å². The van der Waals surface area contributed by atoms with Crippen molar-refractivity contribution in [2.75, 3.05) is 0 Å². The molecule has 98 valence electrons. The van der Waals surface area contributed by atoms with E-state index in [9.17, 15) is 9.59 Å². The number of nitrogens with one attached hydrogen (secondary N) is 1. The molecule has 0 aliphatic carbocycles. The number of carbonyl (C=O) groups is 2. The van der Waals surface area contributed by atoms with Gasteiger partial charge < -0.3 is 15.2 Å². The van der Waals surface area contributed by atoms with Crippen LogP contribution in [0.25, 0.3) is 0 Å². The first-order valence-corrected chi connectivity index (χ1v) is 5.87. The summed E-state index contributed by atoms with van der Waals surface area (Å²) in [5.74, 6) is -0.506. The predicted octanol–water partition coefficient (Wildman–Crippen LogP) is 2.42. The van der Waals surface area contributed by atoms with E-state index in [-0.39, 0.29) is 6.42 Å². The molecular formula is C13H17NO4. The first kappa shape index (κ1) is 14.0. The van der Waals surface area contributed by atoms with Crippen molar-refractivity contribution in [3.8, 4) is 5.75 Å². The summed E-state index contributed by atoms with van der Waals surface area (Å²) in [5.41, 5.74) is 0. The quantitative estimate of drug-likeness (QED) is 0.814. The predicted molar refractivity (Wildman–Crippen MR) is 66.6 cm³/mol. The lowest BCUT2D eigenvalue weighted by molar-refractivity contribution is -0.137. The third-order valence-corrected chi connectivity index (χ3v) is 2.33. The number of hydrogen-bond donors (Lipinski definition) is 2. The highest BCUT2D eigenvalue weighted by molar-refractivity contribution is 5.73. The van der Waals surface area contributed by atoms with Gasteiger partial charge in [0.1, 0.15) is 5.75 Å². The van der Waals surface area contributed by atoms with E-state index in [1.54, 1.807) is 24.3 Å². The number of carboxylic acids is 1. The first-order valence-electron chi connectivity index (χ1n) is 5.87. The minimum absolute atomic E-state index is 0.0995. The van der Waals surface area contributed by atoms with Crippen LogP contribution in [0.4, 0.5) is 4.79 Å². The normalized spacial score (nSPS) is 11.6. The minimum atomic E-state index is -0.937. The summed E-state index contributed by atoms with van der Waals surface area (Å²) in [4.78, 5) is 22.2. The van der Waals surface area contributed by atoms with Crippen LogP contribution in [-0.4, -0.2) is 23.2 Å². The summed E-state index contributed by atoms with van der Waals surface area (Å²) < 4.78 is 5.03. The first-order chi connectivity index (χ1) is 8.61. The molecule has 0 spiro atoms. The molecule has 0 saturated heterocycles. The Hall–Kier alpha value is -2.04. The summed E-state index contributed by atoms with van der Waals surface area (Å²) >= 11 is 0. The highest BCUT2D eigenvalue weighted by atomic mass is 16.6. The van der Waals surface area contributed by atoms with Gasteiger partial charge in [-0.25, -0.2) is 4.79 Å². The summed E-state index contributed by atoms with van der Waals surface area (Å²) in [6.45, 7) is 1.93. The Morgan fingerprint density at radius 1 is 1.33 bits per heavy atom. The van der Waals surface area contributed by atoms with Crippen molar-refractivity contribution < 1.29 is 19.4 Å². The van der Waals surface area contributed by atoms with Crippen molar-refractivity contribution in [2.45, 2.75) is 32.2 Å². The fourth-order valence-electron chi connectivity index (χ4n) is 1.58. The van der Waals surface area contributed by atoms with Gasteiger partial charge in [0.05, 0.1) is 6.42 Å². The van der Waals surface area contributed by atoms with Crippen LogP contribution < -0.4 is 10.1 Å². The minimum Gasteiger partial charge on any atom is -0.481 e. The Balaban J connectivity index is 2.48. The van der Waals surface area contributed by atoms with Gasteiger partial charge in [0, 0.05) is 6.04 Å². The van der Waals surface area contributed by atoms with Gasteiger partial charge >= 0.3 is 12.1 Å². The van der Waals surface area contributed by atoms with Crippen LogP contribution in [0.5, 0.6) is 5.75 Å². The van der Waals surface area contributed by atoms with Crippen LogP contribution in [0.15, 0.2) is 30.3 Å². The molecule has 1 aromatic rings. The Morgan fingerprint density at radius 2 is 2.00 bits per heavy atom. The average Bonchev–Trinajstić information content (AvgIpc) is 2.29. The number of carboxylic acid groups (broad SMARTS) is 1. The topological polar surface area (TPSA) is 75.6 Å². The van der Waals surface area contributed by atoms with Crippen LogP contribution in [0.2, 0.25) is 0 Å². The second-order valence-electron chi connectivity index (χ2n) is 3.93. The molecule has 0 aromatic heterocycles. The van der Waals surface area contributed by atoms with E-state index in [4.69, 9.17) is 9.84 Å². The zero-order valence-corrected chi connectivity index (χ0v) is 10.3. The molecule has 1 atom stereocenters. The van der Waals surface area contributed by atoms with E-state index in [1.807, 2.05) is 13.0 Å². The lowest BCUT2D eigenvalue weighted by Gasteiger charge is -2.15. The maximum atomic E-state index is 11.6. The lowest BCUT2D eigenvalue weighted by atomic mass is 10.1. The maximum Gasteiger partial charge on any atom is 0.412 e. The van der Waals surface area contributed by atoms with Gasteiger partial charge in [-0.1, -0.05) is 31.5 Å². The third kappa shape index (κ3) is 5.34. The monoisotopic (exact) mass is 251 g/mol. The smallest absolute Gasteiger partial charge is 0.412 e. The third-order valence-electron chi connectivity index (χ3n) is 2.33. The van der Waals surface area contributed by atoms with Crippen LogP contribution in [0.1, 0.15) is 26.2 Å². The lowest BCUT2D eigenvalue weighted by Crippen LogP contribution is -2.38. The molecule has 18 heavy (non-hydrogen) atoms. The van der Waals surface area contributed by atoms with Gasteiger partial charge in [-0.15, -0.1) is 0 Å². The molecule has 1 amide bonds. The van der Waals surface area contributed by atoms with Crippen molar-refractivity contribution in [1.29, 1.82) is 0 Å². The molecule has 1 rings (SSSR count). The molecule has 0 saturated carbocycles. The molecule has 0 aliphatic heterocycles. The molecule has 1 unspecified atom stereocenters. The number of benzene rings is 1. The number of carbonyl (C=O) groups excluding carboxylic acids is 1. The largest absolute Gasteiger partial charge is 0.481 e. The van der Waals surface area contributed by atoms with E-state index in [0.717, 1.165) is 6.42 Å². The number of para-hydroxylation sites is 1. The van der Waals surface area contributed by atoms with E-state index in [1.165, 1.54) is 0 Å².